The first kappa shape index (κ1) is 12.8. The number of aromatic nitrogens is 2. The molecule has 2 rings (SSSR count). The highest BCUT2D eigenvalue weighted by molar-refractivity contribution is 6.32. The van der Waals surface area contributed by atoms with E-state index >= 15 is 0 Å². The summed E-state index contributed by atoms with van der Waals surface area (Å²) in [6.07, 6.45) is -3.27. The fraction of sp³-hybridized carbons (Fsp3) is 0.182. The lowest BCUT2D eigenvalue weighted by Crippen LogP contribution is -2.07. The Morgan fingerprint density at radius 3 is 2.56 bits per heavy atom. The van der Waals surface area contributed by atoms with E-state index in [0.717, 1.165) is 10.7 Å². The second-order valence-electron chi connectivity index (χ2n) is 3.44. The van der Waals surface area contributed by atoms with Gasteiger partial charge in [-0.05, 0) is 18.2 Å². The van der Waals surface area contributed by atoms with Gasteiger partial charge in [0, 0.05) is 6.20 Å². The summed E-state index contributed by atoms with van der Waals surface area (Å²) in [4.78, 5) is 0. The van der Waals surface area contributed by atoms with Crippen molar-refractivity contribution in [1.29, 1.82) is 0 Å². The van der Waals surface area contributed by atoms with E-state index < -0.39 is 11.9 Å². The highest BCUT2D eigenvalue weighted by Crippen LogP contribution is 2.32. The van der Waals surface area contributed by atoms with Crippen LogP contribution in [-0.2, 0) is 6.18 Å². The van der Waals surface area contributed by atoms with E-state index in [-0.39, 0.29) is 5.75 Å². The van der Waals surface area contributed by atoms with Gasteiger partial charge in [-0.15, -0.1) is 0 Å². The number of methoxy groups -OCH3 is 1. The topological polar surface area (TPSA) is 27.1 Å². The van der Waals surface area contributed by atoms with E-state index in [9.17, 15) is 13.2 Å². The molecule has 0 N–H and O–H groups in total. The van der Waals surface area contributed by atoms with Crippen LogP contribution in [0.5, 0.6) is 5.75 Å². The van der Waals surface area contributed by atoms with E-state index in [1.54, 1.807) is 18.2 Å². The van der Waals surface area contributed by atoms with E-state index in [0.29, 0.717) is 10.7 Å². The molecule has 0 unspecified atom stereocenters. The molecule has 0 bridgehead atoms. The minimum atomic E-state index is -4.48. The SMILES string of the molecule is COc1c(Cl)cccc1-n1ccc(C(F)(F)F)n1. The Kier molecular flexibility index (Phi) is 3.21. The van der Waals surface area contributed by atoms with Crippen molar-refractivity contribution in [2.45, 2.75) is 6.18 Å². The van der Waals surface area contributed by atoms with Gasteiger partial charge < -0.3 is 4.74 Å². The normalized spacial score (nSPS) is 11.6. The lowest BCUT2D eigenvalue weighted by molar-refractivity contribution is -0.141. The first-order chi connectivity index (χ1) is 8.43. The van der Waals surface area contributed by atoms with Gasteiger partial charge in [0.1, 0.15) is 5.69 Å². The Labute approximate surface area is 106 Å². The maximum Gasteiger partial charge on any atom is 0.435 e. The summed E-state index contributed by atoms with van der Waals surface area (Å²) >= 11 is 5.89. The first-order valence-electron chi connectivity index (χ1n) is 4.89. The van der Waals surface area contributed by atoms with Crippen molar-refractivity contribution >= 4 is 11.6 Å². The third kappa shape index (κ3) is 2.28. The lowest BCUT2D eigenvalue weighted by atomic mass is 10.3. The fourth-order valence-electron chi connectivity index (χ4n) is 1.49. The van der Waals surface area contributed by atoms with Gasteiger partial charge in [0.2, 0.25) is 0 Å². The van der Waals surface area contributed by atoms with Crippen LogP contribution < -0.4 is 4.74 Å². The van der Waals surface area contributed by atoms with E-state index in [4.69, 9.17) is 16.3 Å². The third-order valence-corrected chi connectivity index (χ3v) is 2.57. The standard InChI is InChI=1S/C11H8ClF3N2O/c1-18-10-7(12)3-2-4-8(10)17-6-5-9(16-17)11(13,14)15/h2-6H,1H3. The molecule has 0 spiro atoms. The van der Waals surface area contributed by atoms with Crippen LogP contribution in [0.25, 0.3) is 5.69 Å². The molecule has 7 heteroatoms. The molecule has 1 heterocycles. The molecule has 0 aliphatic heterocycles. The second-order valence-corrected chi connectivity index (χ2v) is 3.84. The monoisotopic (exact) mass is 276 g/mol. The van der Waals surface area contributed by atoms with Gasteiger partial charge in [-0.25, -0.2) is 4.68 Å². The minimum Gasteiger partial charge on any atom is -0.493 e. The zero-order valence-corrected chi connectivity index (χ0v) is 9.96. The van der Waals surface area contributed by atoms with Crippen LogP contribution in [0.3, 0.4) is 0 Å². The fourth-order valence-corrected chi connectivity index (χ4v) is 1.74. The van der Waals surface area contributed by atoms with Crippen LogP contribution >= 0.6 is 11.6 Å². The van der Waals surface area contributed by atoms with E-state index in [2.05, 4.69) is 5.10 Å². The molecule has 0 fully saturated rings. The van der Waals surface area contributed by atoms with E-state index in [1.165, 1.54) is 13.3 Å². The summed E-state index contributed by atoms with van der Waals surface area (Å²) in [5, 5.41) is 3.76. The molecule has 0 saturated carbocycles. The van der Waals surface area contributed by atoms with Crippen LogP contribution in [0.15, 0.2) is 30.5 Å². The van der Waals surface area contributed by atoms with Gasteiger partial charge in [0.15, 0.2) is 11.4 Å². The molecule has 96 valence electrons. The summed E-state index contributed by atoms with van der Waals surface area (Å²) in [5.74, 6) is 0.274. The van der Waals surface area contributed by atoms with Gasteiger partial charge in [-0.3, -0.25) is 0 Å². The second kappa shape index (κ2) is 4.53. The molecule has 0 amide bonds. The van der Waals surface area contributed by atoms with Crippen molar-refractivity contribution in [2.75, 3.05) is 7.11 Å². The average Bonchev–Trinajstić information content (AvgIpc) is 2.77. The Hall–Kier alpha value is -1.69. The first-order valence-corrected chi connectivity index (χ1v) is 5.27. The molecule has 2 aromatic rings. The number of para-hydroxylation sites is 1. The Balaban J connectivity index is 2.50. The molecule has 1 aromatic carbocycles. The predicted molar refractivity (Wildman–Crippen MR) is 60.1 cm³/mol. The maximum atomic E-state index is 12.4. The number of nitrogens with zero attached hydrogens (tertiary/aromatic N) is 2. The summed E-state index contributed by atoms with van der Waals surface area (Å²) in [6.45, 7) is 0. The molecule has 0 atom stereocenters. The van der Waals surface area contributed by atoms with Gasteiger partial charge >= 0.3 is 6.18 Å². The lowest BCUT2D eigenvalue weighted by Gasteiger charge is -2.09. The Bertz CT molecular complexity index is 566. The Morgan fingerprint density at radius 1 is 1.28 bits per heavy atom. The summed E-state index contributed by atoms with van der Waals surface area (Å²) < 4.78 is 43.5. The van der Waals surface area contributed by atoms with Gasteiger partial charge in [0.25, 0.3) is 0 Å². The molecule has 1 aromatic heterocycles. The smallest absolute Gasteiger partial charge is 0.435 e. The van der Waals surface area contributed by atoms with Crippen molar-refractivity contribution < 1.29 is 17.9 Å². The van der Waals surface area contributed by atoms with Gasteiger partial charge in [-0.1, -0.05) is 17.7 Å². The highest BCUT2D eigenvalue weighted by Gasteiger charge is 2.33. The van der Waals surface area contributed by atoms with E-state index in [1.807, 2.05) is 0 Å². The van der Waals surface area contributed by atoms with Gasteiger partial charge in [-0.2, -0.15) is 18.3 Å². The number of halogens is 4. The molecular formula is C11H8ClF3N2O. The largest absolute Gasteiger partial charge is 0.493 e. The maximum absolute atomic E-state index is 12.4. The summed E-state index contributed by atoms with van der Waals surface area (Å²) in [7, 11) is 1.39. The van der Waals surface area contributed by atoms with Crippen LogP contribution in [0, 0.1) is 0 Å². The number of ether oxygens (including phenoxy) is 1. The predicted octanol–water partition coefficient (Wildman–Crippen LogP) is 3.55. The van der Waals surface area contributed by atoms with Gasteiger partial charge in [0.05, 0.1) is 12.1 Å². The quantitative estimate of drug-likeness (QED) is 0.839. The Morgan fingerprint density at radius 2 is 2.00 bits per heavy atom. The van der Waals surface area contributed by atoms with Crippen LogP contribution in [-0.4, -0.2) is 16.9 Å². The van der Waals surface area contributed by atoms with Crippen molar-refractivity contribution in [3.8, 4) is 11.4 Å². The molecule has 0 aliphatic rings. The number of hydrogen-bond donors (Lipinski definition) is 0. The van der Waals surface area contributed by atoms with Crippen molar-refractivity contribution in [3.05, 3.63) is 41.2 Å². The average molecular weight is 277 g/mol. The zero-order valence-electron chi connectivity index (χ0n) is 9.20. The highest BCUT2D eigenvalue weighted by atomic mass is 35.5. The number of alkyl halides is 3. The van der Waals surface area contributed by atoms with Crippen molar-refractivity contribution in [1.82, 2.24) is 9.78 Å². The molecule has 3 nitrogen and oxygen atoms in total. The van der Waals surface area contributed by atoms with Crippen LogP contribution in [0.2, 0.25) is 5.02 Å². The summed E-state index contributed by atoms with van der Waals surface area (Å²) in [5.41, 5.74) is -0.620. The number of rotatable bonds is 2. The molecule has 0 saturated heterocycles. The molecule has 0 radical (unpaired) electrons. The minimum absolute atomic E-state index is 0.274. The number of benzene rings is 1. The van der Waals surface area contributed by atoms with Crippen molar-refractivity contribution in [3.63, 3.8) is 0 Å². The molecule has 0 aliphatic carbocycles. The number of hydrogen-bond acceptors (Lipinski definition) is 2. The van der Waals surface area contributed by atoms with Crippen LogP contribution in [0.4, 0.5) is 13.2 Å². The zero-order chi connectivity index (χ0) is 13.3. The van der Waals surface area contributed by atoms with Crippen LogP contribution in [0.1, 0.15) is 5.69 Å². The molecular weight excluding hydrogens is 269 g/mol. The third-order valence-electron chi connectivity index (χ3n) is 2.28. The molecule has 18 heavy (non-hydrogen) atoms. The summed E-state index contributed by atoms with van der Waals surface area (Å²) in [6, 6.07) is 5.64. The van der Waals surface area contributed by atoms with Crippen molar-refractivity contribution in [2.24, 2.45) is 0 Å².